The van der Waals surface area contributed by atoms with Crippen molar-refractivity contribution in [2.24, 2.45) is 0 Å². The van der Waals surface area contributed by atoms with Crippen LogP contribution in [0.3, 0.4) is 0 Å². The van der Waals surface area contributed by atoms with Crippen LogP contribution in [0.2, 0.25) is 0 Å². The third-order valence-corrected chi connectivity index (χ3v) is 3.66. The lowest BCUT2D eigenvalue weighted by Crippen LogP contribution is -2.43. The first-order chi connectivity index (χ1) is 10.2. The van der Waals surface area contributed by atoms with E-state index in [1.165, 1.54) is 13.5 Å². The van der Waals surface area contributed by atoms with Gasteiger partial charge in [0, 0.05) is 13.1 Å². The van der Waals surface area contributed by atoms with Gasteiger partial charge in [0.05, 0.1) is 12.7 Å². The number of nitrogens with zero attached hydrogens (tertiary/aromatic N) is 1. The number of hydrogen-bond donors (Lipinski definition) is 0. The number of ether oxygens (including phenoxy) is 2. The number of rotatable bonds is 5. The maximum atomic E-state index is 12.3. The minimum absolute atomic E-state index is 0.0256. The van der Waals surface area contributed by atoms with Gasteiger partial charge in [0.25, 0.3) is 5.91 Å². The summed E-state index contributed by atoms with van der Waals surface area (Å²) in [5.74, 6) is 0.963. The highest BCUT2D eigenvalue weighted by Crippen LogP contribution is 2.24. The van der Waals surface area contributed by atoms with Crippen LogP contribution < -0.4 is 9.47 Å². The van der Waals surface area contributed by atoms with Crippen LogP contribution in [0.25, 0.3) is 0 Å². The molecule has 1 aromatic carbocycles. The molecule has 0 N–H and O–H groups in total. The fraction of sp³-hybridized carbons (Fsp3) is 0.500. The quantitative estimate of drug-likeness (QED) is 0.781. The molecule has 1 atom stereocenters. The van der Waals surface area contributed by atoms with Crippen LogP contribution in [0.5, 0.6) is 11.5 Å². The van der Waals surface area contributed by atoms with E-state index in [1.807, 2.05) is 4.90 Å². The molecule has 0 saturated carbocycles. The number of benzene rings is 1. The number of aldehydes is 1. The van der Waals surface area contributed by atoms with Gasteiger partial charge in [0.1, 0.15) is 11.5 Å². The Bertz CT molecular complexity index is 509. The van der Waals surface area contributed by atoms with E-state index in [2.05, 4.69) is 0 Å². The molecular weight excluding hydrogens is 270 g/mol. The average Bonchev–Trinajstić information content (AvgIpc) is 2.55. The summed E-state index contributed by atoms with van der Waals surface area (Å²) in [5.41, 5.74) is 0.382. The molecule has 0 aromatic heterocycles. The Balaban J connectivity index is 2.06. The Morgan fingerprint density at radius 2 is 2.00 bits per heavy atom. The number of methoxy groups -OCH3 is 1. The molecule has 0 radical (unpaired) electrons. The lowest BCUT2D eigenvalue weighted by molar-refractivity contribution is -0.138. The number of carbonyl (C=O) groups excluding carboxylic acids is 2. The molecule has 1 saturated heterocycles. The van der Waals surface area contributed by atoms with Crippen LogP contribution in [0.15, 0.2) is 18.2 Å². The molecule has 0 bridgehead atoms. The average molecular weight is 291 g/mol. The van der Waals surface area contributed by atoms with E-state index in [-0.39, 0.29) is 5.91 Å². The number of piperidine rings is 1. The molecule has 5 nitrogen and oxygen atoms in total. The van der Waals surface area contributed by atoms with Gasteiger partial charge in [-0.1, -0.05) is 0 Å². The van der Waals surface area contributed by atoms with E-state index < -0.39 is 6.10 Å². The molecule has 1 amide bonds. The summed E-state index contributed by atoms with van der Waals surface area (Å²) in [4.78, 5) is 25.3. The van der Waals surface area contributed by atoms with Crippen LogP contribution >= 0.6 is 0 Å². The first-order valence-electron chi connectivity index (χ1n) is 7.24. The van der Waals surface area contributed by atoms with Gasteiger partial charge in [-0.05, 0) is 44.4 Å². The summed E-state index contributed by atoms with van der Waals surface area (Å²) in [5, 5.41) is 0. The lowest BCUT2D eigenvalue weighted by atomic mass is 10.1. The van der Waals surface area contributed by atoms with Crippen LogP contribution in [-0.2, 0) is 4.79 Å². The Hall–Kier alpha value is -2.04. The first kappa shape index (κ1) is 15.4. The Morgan fingerprint density at radius 3 is 2.62 bits per heavy atom. The second-order valence-corrected chi connectivity index (χ2v) is 5.17. The zero-order valence-corrected chi connectivity index (χ0v) is 12.5. The van der Waals surface area contributed by atoms with Crippen molar-refractivity contribution in [2.75, 3.05) is 20.2 Å². The molecular formula is C16H21NO4. The van der Waals surface area contributed by atoms with Crippen molar-refractivity contribution < 1.29 is 19.1 Å². The maximum absolute atomic E-state index is 12.3. The van der Waals surface area contributed by atoms with Crippen molar-refractivity contribution in [2.45, 2.75) is 32.3 Å². The van der Waals surface area contributed by atoms with Crippen LogP contribution in [0.4, 0.5) is 0 Å². The third kappa shape index (κ3) is 3.74. The van der Waals surface area contributed by atoms with Crippen molar-refractivity contribution >= 4 is 12.2 Å². The summed E-state index contributed by atoms with van der Waals surface area (Å²) in [7, 11) is 1.53. The van der Waals surface area contributed by atoms with E-state index in [0.717, 1.165) is 25.9 Å². The third-order valence-electron chi connectivity index (χ3n) is 3.66. The summed E-state index contributed by atoms with van der Waals surface area (Å²) >= 11 is 0. The SMILES string of the molecule is COc1ccc(OC(C)C(=O)N2CCCCC2)c(C=O)c1. The highest BCUT2D eigenvalue weighted by Gasteiger charge is 2.24. The predicted molar refractivity (Wildman–Crippen MR) is 78.9 cm³/mol. The molecule has 5 heteroatoms. The number of hydrogen-bond acceptors (Lipinski definition) is 4. The van der Waals surface area contributed by atoms with Crippen molar-refractivity contribution in [1.29, 1.82) is 0 Å². The Morgan fingerprint density at radius 1 is 1.29 bits per heavy atom. The molecule has 1 fully saturated rings. The summed E-state index contributed by atoms with van der Waals surface area (Å²) in [6.07, 6.45) is 3.36. The summed E-state index contributed by atoms with van der Waals surface area (Å²) in [6.45, 7) is 3.29. The van der Waals surface area contributed by atoms with Crippen molar-refractivity contribution in [1.82, 2.24) is 4.90 Å². The Kier molecular flexibility index (Phi) is 5.20. The van der Waals surface area contributed by atoms with Crippen LogP contribution in [-0.4, -0.2) is 43.4 Å². The monoisotopic (exact) mass is 291 g/mol. The van der Waals surface area contributed by atoms with Gasteiger partial charge < -0.3 is 14.4 Å². The maximum Gasteiger partial charge on any atom is 0.263 e. The topological polar surface area (TPSA) is 55.8 Å². The van der Waals surface area contributed by atoms with E-state index in [0.29, 0.717) is 23.3 Å². The summed E-state index contributed by atoms with van der Waals surface area (Å²) in [6, 6.07) is 4.96. The molecule has 0 aliphatic carbocycles. The molecule has 1 aromatic rings. The van der Waals surface area contributed by atoms with Gasteiger partial charge in [-0.25, -0.2) is 0 Å². The molecule has 21 heavy (non-hydrogen) atoms. The fourth-order valence-electron chi connectivity index (χ4n) is 2.47. The highest BCUT2D eigenvalue weighted by atomic mass is 16.5. The van der Waals surface area contributed by atoms with Gasteiger partial charge in [-0.3, -0.25) is 9.59 Å². The normalized spacial score (nSPS) is 16.2. The van der Waals surface area contributed by atoms with Gasteiger partial charge in [-0.2, -0.15) is 0 Å². The number of amides is 1. The molecule has 114 valence electrons. The molecule has 0 spiro atoms. The highest BCUT2D eigenvalue weighted by molar-refractivity contribution is 5.83. The van der Waals surface area contributed by atoms with E-state index >= 15 is 0 Å². The van der Waals surface area contributed by atoms with Crippen LogP contribution in [0, 0.1) is 0 Å². The fourth-order valence-corrected chi connectivity index (χ4v) is 2.47. The molecule has 1 aliphatic heterocycles. The molecule has 2 rings (SSSR count). The smallest absolute Gasteiger partial charge is 0.263 e. The number of carbonyl (C=O) groups is 2. The van der Waals surface area contributed by atoms with E-state index in [4.69, 9.17) is 9.47 Å². The lowest BCUT2D eigenvalue weighted by Gasteiger charge is -2.29. The standard InChI is InChI=1S/C16H21NO4/c1-12(16(19)17-8-4-3-5-9-17)21-15-7-6-14(20-2)10-13(15)11-18/h6-7,10-12H,3-5,8-9H2,1-2H3. The van der Waals surface area contributed by atoms with Crippen molar-refractivity contribution in [3.63, 3.8) is 0 Å². The van der Waals surface area contributed by atoms with Gasteiger partial charge in [0.2, 0.25) is 0 Å². The van der Waals surface area contributed by atoms with Crippen molar-refractivity contribution in [3.8, 4) is 11.5 Å². The van der Waals surface area contributed by atoms with E-state index in [9.17, 15) is 9.59 Å². The second kappa shape index (κ2) is 7.11. The molecule has 1 aliphatic rings. The summed E-state index contributed by atoms with van der Waals surface area (Å²) < 4.78 is 10.7. The second-order valence-electron chi connectivity index (χ2n) is 5.17. The van der Waals surface area contributed by atoms with Gasteiger partial charge in [-0.15, -0.1) is 0 Å². The van der Waals surface area contributed by atoms with Crippen molar-refractivity contribution in [3.05, 3.63) is 23.8 Å². The zero-order chi connectivity index (χ0) is 15.2. The van der Waals surface area contributed by atoms with Crippen LogP contribution in [0.1, 0.15) is 36.5 Å². The van der Waals surface area contributed by atoms with E-state index in [1.54, 1.807) is 25.1 Å². The molecule has 1 heterocycles. The van der Waals surface area contributed by atoms with Gasteiger partial charge in [0.15, 0.2) is 12.4 Å². The Labute approximate surface area is 124 Å². The minimum Gasteiger partial charge on any atom is -0.497 e. The first-order valence-corrected chi connectivity index (χ1v) is 7.24. The largest absolute Gasteiger partial charge is 0.497 e. The predicted octanol–water partition coefficient (Wildman–Crippen LogP) is 2.29. The van der Waals surface area contributed by atoms with Gasteiger partial charge >= 0.3 is 0 Å². The number of likely N-dealkylation sites (tertiary alicyclic amines) is 1. The minimum atomic E-state index is -0.602. The zero-order valence-electron chi connectivity index (χ0n) is 12.5. The molecule has 1 unspecified atom stereocenters.